The fraction of sp³-hybridized carbons (Fsp3) is 1.00. The monoisotopic (exact) mass is 286 g/mol. The van der Waals surface area contributed by atoms with Crippen molar-refractivity contribution in [1.82, 2.24) is 10.2 Å². The van der Waals surface area contributed by atoms with Crippen LogP contribution in [0.25, 0.3) is 0 Å². The van der Waals surface area contributed by atoms with E-state index in [-0.39, 0.29) is 0 Å². The zero-order valence-electron chi connectivity index (χ0n) is 13.7. The molecule has 120 valence electrons. The standard InChI is InChI=1S/C16H34N2O2/c1-15(14-20-3)18(11-12-19-2)10-9-17-13-16-7-5-4-6-8-16/h15-17H,4-14H2,1-3H3. The molecule has 1 rings (SSSR count). The van der Waals surface area contributed by atoms with Gasteiger partial charge in [0.2, 0.25) is 0 Å². The smallest absolute Gasteiger partial charge is 0.0615 e. The van der Waals surface area contributed by atoms with E-state index in [0.717, 1.165) is 38.8 Å². The minimum absolute atomic E-state index is 0.451. The van der Waals surface area contributed by atoms with E-state index in [9.17, 15) is 0 Å². The van der Waals surface area contributed by atoms with Crippen molar-refractivity contribution in [3.8, 4) is 0 Å². The van der Waals surface area contributed by atoms with Crippen LogP contribution in [0.15, 0.2) is 0 Å². The molecule has 1 aliphatic rings. The molecule has 0 aromatic rings. The quantitative estimate of drug-likeness (QED) is 0.590. The summed E-state index contributed by atoms with van der Waals surface area (Å²) in [5, 5.41) is 3.64. The minimum atomic E-state index is 0.451. The third-order valence-electron chi connectivity index (χ3n) is 4.35. The summed E-state index contributed by atoms with van der Waals surface area (Å²) in [6.07, 6.45) is 7.13. The van der Waals surface area contributed by atoms with Crippen molar-refractivity contribution < 1.29 is 9.47 Å². The third-order valence-corrected chi connectivity index (χ3v) is 4.35. The summed E-state index contributed by atoms with van der Waals surface area (Å²) in [7, 11) is 3.53. The fourth-order valence-corrected chi connectivity index (χ4v) is 3.03. The van der Waals surface area contributed by atoms with Gasteiger partial charge in [-0.2, -0.15) is 0 Å². The van der Waals surface area contributed by atoms with E-state index in [4.69, 9.17) is 9.47 Å². The largest absolute Gasteiger partial charge is 0.383 e. The van der Waals surface area contributed by atoms with Gasteiger partial charge in [-0.1, -0.05) is 19.3 Å². The summed E-state index contributed by atoms with van der Waals surface area (Å²) < 4.78 is 10.5. The lowest BCUT2D eigenvalue weighted by Gasteiger charge is -2.29. The number of nitrogens with zero attached hydrogens (tertiary/aromatic N) is 1. The van der Waals surface area contributed by atoms with Gasteiger partial charge < -0.3 is 14.8 Å². The van der Waals surface area contributed by atoms with Gasteiger partial charge in [0, 0.05) is 39.9 Å². The van der Waals surface area contributed by atoms with E-state index in [2.05, 4.69) is 17.1 Å². The van der Waals surface area contributed by atoms with Gasteiger partial charge in [0.25, 0.3) is 0 Å². The second-order valence-corrected chi connectivity index (χ2v) is 6.04. The summed E-state index contributed by atoms with van der Waals surface area (Å²) in [6.45, 7) is 8.10. The van der Waals surface area contributed by atoms with Gasteiger partial charge in [-0.3, -0.25) is 4.90 Å². The van der Waals surface area contributed by atoms with Crippen LogP contribution < -0.4 is 5.32 Å². The molecule has 1 atom stereocenters. The van der Waals surface area contributed by atoms with Crippen LogP contribution >= 0.6 is 0 Å². The molecule has 1 unspecified atom stereocenters. The van der Waals surface area contributed by atoms with Crippen LogP contribution in [0.5, 0.6) is 0 Å². The first-order chi connectivity index (χ1) is 9.77. The van der Waals surface area contributed by atoms with Gasteiger partial charge in [-0.05, 0) is 32.2 Å². The summed E-state index contributed by atoms with van der Waals surface area (Å²) >= 11 is 0. The predicted octanol–water partition coefficient (Wildman–Crippen LogP) is 2.14. The van der Waals surface area contributed by atoms with Crippen molar-refractivity contribution in [1.29, 1.82) is 0 Å². The maximum absolute atomic E-state index is 5.26. The molecule has 0 heterocycles. The van der Waals surface area contributed by atoms with Crippen LogP contribution in [-0.2, 0) is 9.47 Å². The minimum Gasteiger partial charge on any atom is -0.383 e. The van der Waals surface area contributed by atoms with Crippen molar-refractivity contribution >= 4 is 0 Å². The Hall–Kier alpha value is -0.160. The first-order valence-corrected chi connectivity index (χ1v) is 8.20. The molecule has 20 heavy (non-hydrogen) atoms. The Kier molecular flexibility index (Phi) is 10.3. The molecular formula is C16H34N2O2. The lowest BCUT2D eigenvalue weighted by Crippen LogP contribution is -2.43. The van der Waals surface area contributed by atoms with Crippen LogP contribution in [-0.4, -0.2) is 64.6 Å². The number of methoxy groups -OCH3 is 2. The highest BCUT2D eigenvalue weighted by Gasteiger charge is 2.15. The molecule has 0 saturated heterocycles. The second kappa shape index (κ2) is 11.5. The Morgan fingerprint density at radius 3 is 2.50 bits per heavy atom. The van der Waals surface area contributed by atoms with E-state index in [0.29, 0.717) is 6.04 Å². The highest BCUT2D eigenvalue weighted by molar-refractivity contribution is 4.71. The Morgan fingerprint density at radius 2 is 1.85 bits per heavy atom. The zero-order chi connectivity index (χ0) is 14.6. The number of rotatable bonds is 11. The summed E-state index contributed by atoms with van der Waals surface area (Å²) in [4.78, 5) is 2.45. The van der Waals surface area contributed by atoms with Crippen molar-refractivity contribution in [3.63, 3.8) is 0 Å². The summed E-state index contributed by atoms with van der Waals surface area (Å²) in [5.41, 5.74) is 0. The lowest BCUT2D eigenvalue weighted by molar-refractivity contribution is 0.0754. The lowest BCUT2D eigenvalue weighted by atomic mass is 9.89. The SMILES string of the molecule is COCCN(CCNCC1CCCCC1)C(C)COC. The molecule has 0 aliphatic heterocycles. The average Bonchev–Trinajstić information content (AvgIpc) is 2.47. The first kappa shape index (κ1) is 17.9. The molecule has 0 spiro atoms. The third kappa shape index (κ3) is 7.58. The van der Waals surface area contributed by atoms with E-state index >= 15 is 0 Å². The van der Waals surface area contributed by atoms with Crippen molar-refractivity contribution in [2.24, 2.45) is 5.92 Å². The van der Waals surface area contributed by atoms with Gasteiger partial charge in [0.1, 0.15) is 0 Å². The van der Waals surface area contributed by atoms with Crippen molar-refractivity contribution in [2.45, 2.75) is 45.1 Å². The molecular weight excluding hydrogens is 252 g/mol. The Bertz CT molecular complexity index is 221. The topological polar surface area (TPSA) is 33.7 Å². The molecule has 4 nitrogen and oxygen atoms in total. The fourth-order valence-electron chi connectivity index (χ4n) is 3.03. The van der Waals surface area contributed by atoms with Crippen LogP contribution in [0.2, 0.25) is 0 Å². The molecule has 0 bridgehead atoms. The molecule has 0 amide bonds. The number of hydrogen-bond acceptors (Lipinski definition) is 4. The van der Waals surface area contributed by atoms with Crippen LogP contribution in [0.1, 0.15) is 39.0 Å². The molecule has 0 aromatic heterocycles. The predicted molar refractivity (Wildman–Crippen MR) is 84.2 cm³/mol. The van der Waals surface area contributed by atoms with E-state index in [1.54, 1.807) is 14.2 Å². The van der Waals surface area contributed by atoms with Gasteiger partial charge in [-0.25, -0.2) is 0 Å². The molecule has 1 fully saturated rings. The number of hydrogen-bond donors (Lipinski definition) is 1. The normalized spacial score (nSPS) is 18.6. The molecule has 0 aromatic carbocycles. The molecule has 0 radical (unpaired) electrons. The molecule has 1 saturated carbocycles. The average molecular weight is 286 g/mol. The van der Waals surface area contributed by atoms with Crippen LogP contribution in [0, 0.1) is 5.92 Å². The molecule has 1 aliphatic carbocycles. The van der Waals surface area contributed by atoms with E-state index < -0.39 is 0 Å². The zero-order valence-corrected chi connectivity index (χ0v) is 13.7. The van der Waals surface area contributed by atoms with Crippen LogP contribution in [0.4, 0.5) is 0 Å². The van der Waals surface area contributed by atoms with Gasteiger partial charge in [0.15, 0.2) is 0 Å². The number of nitrogens with one attached hydrogen (secondary N) is 1. The summed E-state index contributed by atoms with van der Waals surface area (Å²) in [5.74, 6) is 0.910. The van der Waals surface area contributed by atoms with E-state index in [1.807, 2.05) is 0 Å². The maximum Gasteiger partial charge on any atom is 0.0615 e. The first-order valence-electron chi connectivity index (χ1n) is 8.20. The van der Waals surface area contributed by atoms with Crippen LogP contribution in [0.3, 0.4) is 0 Å². The van der Waals surface area contributed by atoms with Gasteiger partial charge in [-0.15, -0.1) is 0 Å². The Morgan fingerprint density at radius 1 is 1.10 bits per heavy atom. The van der Waals surface area contributed by atoms with Gasteiger partial charge >= 0.3 is 0 Å². The maximum atomic E-state index is 5.26. The highest BCUT2D eigenvalue weighted by Crippen LogP contribution is 2.22. The molecule has 4 heteroatoms. The molecule has 1 N–H and O–H groups in total. The van der Waals surface area contributed by atoms with Crippen molar-refractivity contribution in [2.75, 3.05) is 53.6 Å². The number of ether oxygens (including phenoxy) is 2. The Balaban J connectivity index is 2.15. The Labute approximate surface area is 125 Å². The van der Waals surface area contributed by atoms with E-state index in [1.165, 1.54) is 38.6 Å². The van der Waals surface area contributed by atoms with Gasteiger partial charge in [0.05, 0.1) is 13.2 Å². The highest BCUT2D eigenvalue weighted by atomic mass is 16.5. The van der Waals surface area contributed by atoms with Crippen molar-refractivity contribution in [3.05, 3.63) is 0 Å². The second-order valence-electron chi connectivity index (χ2n) is 6.04. The summed E-state index contributed by atoms with van der Waals surface area (Å²) in [6, 6.07) is 0.451.